The molecule has 1 saturated heterocycles. The van der Waals surface area contributed by atoms with Gasteiger partial charge in [0.1, 0.15) is 10.7 Å². The van der Waals surface area contributed by atoms with Gasteiger partial charge in [-0.05, 0) is 49.0 Å². The molecule has 1 aromatic rings. The van der Waals surface area contributed by atoms with Gasteiger partial charge in [-0.3, -0.25) is 10.9 Å². The summed E-state index contributed by atoms with van der Waals surface area (Å²) in [5.74, 6) is 1.24. The zero-order chi connectivity index (χ0) is 19.2. The fourth-order valence-electron chi connectivity index (χ4n) is 3.10. The summed E-state index contributed by atoms with van der Waals surface area (Å²) >= 11 is 5.14. The van der Waals surface area contributed by atoms with Crippen molar-refractivity contribution < 1.29 is 8.42 Å². The summed E-state index contributed by atoms with van der Waals surface area (Å²) in [6.07, 6.45) is 4.58. The number of rotatable bonds is 7. The molecule has 7 nitrogen and oxygen atoms in total. The highest BCUT2D eigenvalue weighted by Gasteiger charge is 2.31. The first-order valence-electron chi connectivity index (χ1n) is 9.09. The number of nitrogens with zero attached hydrogens (tertiary/aromatic N) is 2. The number of hydrazine groups is 1. The van der Waals surface area contributed by atoms with E-state index >= 15 is 0 Å². The maximum absolute atomic E-state index is 12.8. The van der Waals surface area contributed by atoms with Gasteiger partial charge in [-0.25, -0.2) is 13.4 Å². The highest BCUT2D eigenvalue weighted by Crippen LogP contribution is 2.26. The van der Waals surface area contributed by atoms with Crippen molar-refractivity contribution >= 4 is 33.2 Å². The maximum atomic E-state index is 12.8. The Balaban J connectivity index is 1.94. The molecule has 9 heteroatoms. The van der Waals surface area contributed by atoms with Crippen LogP contribution in [0.5, 0.6) is 0 Å². The number of pyridine rings is 1. The van der Waals surface area contributed by atoms with Crippen LogP contribution >= 0.6 is 12.2 Å². The molecule has 0 bridgehead atoms. The zero-order valence-electron chi connectivity index (χ0n) is 15.7. The van der Waals surface area contributed by atoms with E-state index in [4.69, 9.17) is 12.2 Å². The summed E-state index contributed by atoms with van der Waals surface area (Å²) in [7, 11) is -3.51. The van der Waals surface area contributed by atoms with Gasteiger partial charge in [-0.2, -0.15) is 4.31 Å². The van der Waals surface area contributed by atoms with Gasteiger partial charge in [0.05, 0.1) is 0 Å². The Hall–Kier alpha value is -1.45. The van der Waals surface area contributed by atoms with E-state index in [0.29, 0.717) is 35.9 Å². The second-order valence-corrected chi connectivity index (χ2v) is 9.35. The molecule has 0 spiro atoms. The van der Waals surface area contributed by atoms with Crippen molar-refractivity contribution in [2.75, 3.05) is 25.1 Å². The Labute approximate surface area is 162 Å². The molecule has 2 atom stereocenters. The third kappa shape index (κ3) is 5.78. The second kappa shape index (κ2) is 9.48. The lowest BCUT2D eigenvalue weighted by atomic mass is 9.94. The minimum absolute atomic E-state index is 0.216. The van der Waals surface area contributed by atoms with Crippen LogP contribution in [0, 0.1) is 11.8 Å². The summed E-state index contributed by atoms with van der Waals surface area (Å²) in [5, 5.41) is 3.55. The lowest BCUT2D eigenvalue weighted by Crippen LogP contribution is -2.42. The quantitative estimate of drug-likeness (QED) is 0.368. The van der Waals surface area contributed by atoms with Crippen molar-refractivity contribution in [2.45, 2.75) is 44.9 Å². The average Bonchev–Trinajstić information content (AvgIpc) is 2.60. The summed E-state index contributed by atoms with van der Waals surface area (Å²) in [6.45, 7) is 8.22. The van der Waals surface area contributed by atoms with E-state index in [2.05, 4.69) is 41.9 Å². The molecule has 2 rings (SSSR count). The molecule has 2 unspecified atom stereocenters. The number of hydrogen-bond donors (Lipinski definition) is 3. The minimum Gasteiger partial charge on any atom is -0.361 e. The van der Waals surface area contributed by atoms with Gasteiger partial charge in [-0.1, -0.05) is 27.2 Å². The molecule has 2 heterocycles. The Morgan fingerprint density at radius 3 is 2.58 bits per heavy atom. The molecule has 26 heavy (non-hydrogen) atoms. The molecule has 0 saturated carbocycles. The van der Waals surface area contributed by atoms with E-state index in [0.717, 1.165) is 25.8 Å². The van der Waals surface area contributed by atoms with Crippen LogP contribution in [0.25, 0.3) is 0 Å². The molecule has 0 aliphatic carbocycles. The zero-order valence-corrected chi connectivity index (χ0v) is 17.3. The van der Waals surface area contributed by atoms with Crippen LogP contribution in [-0.4, -0.2) is 42.5 Å². The van der Waals surface area contributed by atoms with Gasteiger partial charge in [0.2, 0.25) is 10.0 Å². The van der Waals surface area contributed by atoms with E-state index in [1.807, 2.05) is 0 Å². The van der Waals surface area contributed by atoms with Crippen LogP contribution in [0.1, 0.15) is 40.0 Å². The number of unbranched alkanes of at least 4 members (excludes halogenated alkanes) is 1. The topological polar surface area (TPSA) is 86.4 Å². The Bertz CT molecular complexity index is 684. The Kier molecular flexibility index (Phi) is 7.60. The number of sulfonamides is 1. The van der Waals surface area contributed by atoms with Crippen molar-refractivity contribution in [3.8, 4) is 0 Å². The predicted molar refractivity (Wildman–Crippen MR) is 108 cm³/mol. The monoisotopic (exact) mass is 399 g/mol. The van der Waals surface area contributed by atoms with Gasteiger partial charge >= 0.3 is 0 Å². The van der Waals surface area contributed by atoms with Crippen molar-refractivity contribution in [3.63, 3.8) is 0 Å². The summed E-state index contributed by atoms with van der Waals surface area (Å²) in [5.41, 5.74) is 5.71. The van der Waals surface area contributed by atoms with Crippen molar-refractivity contribution in [1.29, 1.82) is 0 Å². The van der Waals surface area contributed by atoms with Gasteiger partial charge in [0, 0.05) is 25.8 Å². The molecule has 1 fully saturated rings. The normalized spacial score (nSPS) is 21.2. The van der Waals surface area contributed by atoms with Gasteiger partial charge in [-0.15, -0.1) is 0 Å². The smallest absolute Gasteiger partial charge is 0.244 e. The molecule has 0 radical (unpaired) electrons. The Morgan fingerprint density at radius 1 is 1.31 bits per heavy atom. The SMILES string of the molecule is CCCCNC(=S)NNc1ccc(S(=O)(=O)N2CC(C)CC(C)C2)cn1. The minimum atomic E-state index is -3.51. The lowest BCUT2D eigenvalue weighted by Gasteiger charge is -2.33. The first-order valence-corrected chi connectivity index (χ1v) is 10.9. The number of hydrogen-bond acceptors (Lipinski definition) is 5. The van der Waals surface area contributed by atoms with E-state index in [1.54, 1.807) is 16.4 Å². The number of anilines is 1. The van der Waals surface area contributed by atoms with E-state index in [1.165, 1.54) is 6.20 Å². The third-order valence-corrected chi connectivity index (χ3v) is 6.39. The number of thiocarbonyl (C=S) groups is 1. The van der Waals surface area contributed by atoms with Crippen LogP contribution in [0.3, 0.4) is 0 Å². The third-order valence-electron chi connectivity index (χ3n) is 4.33. The number of piperidine rings is 1. The van der Waals surface area contributed by atoms with Crippen molar-refractivity contribution in [2.24, 2.45) is 11.8 Å². The molecular weight excluding hydrogens is 370 g/mol. The molecule has 1 aliphatic rings. The standard InChI is InChI=1S/C17H29N5O2S2/c1-4-5-8-18-17(25)21-20-16-7-6-15(10-19-16)26(23,24)22-11-13(2)9-14(3)12-22/h6-7,10,13-14H,4-5,8-9,11-12H2,1-3H3,(H,19,20)(H2,18,21,25). The molecule has 0 aromatic carbocycles. The first-order chi connectivity index (χ1) is 12.3. The molecule has 0 amide bonds. The molecule has 3 N–H and O–H groups in total. The largest absolute Gasteiger partial charge is 0.361 e. The highest BCUT2D eigenvalue weighted by atomic mass is 32.2. The van der Waals surface area contributed by atoms with Crippen molar-refractivity contribution in [3.05, 3.63) is 18.3 Å². The van der Waals surface area contributed by atoms with Crippen LogP contribution in [0.4, 0.5) is 5.82 Å². The van der Waals surface area contributed by atoms with Crippen LogP contribution in [-0.2, 0) is 10.0 Å². The molecular formula is C17H29N5O2S2. The van der Waals surface area contributed by atoms with Crippen LogP contribution in [0.15, 0.2) is 23.2 Å². The summed E-state index contributed by atoms with van der Waals surface area (Å²) < 4.78 is 27.2. The van der Waals surface area contributed by atoms with E-state index in [9.17, 15) is 8.42 Å². The fourth-order valence-corrected chi connectivity index (χ4v) is 4.88. The highest BCUT2D eigenvalue weighted by molar-refractivity contribution is 7.89. The Morgan fingerprint density at radius 2 is 2.00 bits per heavy atom. The maximum Gasteiger partial charge on any atom is 0.244 e. The first kappa shape index (κ1) is 20.9. The van der Waals surface area contributed by atoms with E-state index < -0.39 is 10.0 Å². The second-order valence-electron chi connectivity index (χ2n) is 7.01. The number of nitrogens with one attached hydrogen (secondary N) is 3. The van der Waals surface area contributed by atoms with Crippen LogP contribution in [0.2, 0.25) is 0 Å². The average molecular weight is 400 g/mol. The van der Waals surface area contributed by atoms with Crippen molar-refractivity contribution in [1.82, 2.24) is 20.0 Å². The summed E-state index contributed by atoms with van der Waals surface area (Å²) in [4.78, 5) is 4.40. The summed E-state index contributed by atoms with van der Waals surface area (Å²) in [6, 6.07) is 3.20. The number of aromatic nitrogens is 1. The van der Waals surface area contributed by atoms with Gasteiger partial charge in [0.25, 0.3) is 0 Å². The van der Waals surface area contributed by atoms with Crippen LogP contribution < -0.4 is 16.2 Å². The van der Waals surface area contributed by atoms with Gasteiger partial charge < -0.3 is 5.32 Å². The predicted octanol–water partition coefficient (Wildman–Crippen LogP) is 2.34. The molecule has 146 valence electrons. The van der Waals surface area contributed by atoms with E-state index in [-0.39, 0.29) is 4.90 Å². The lowest BCUT2D eigenvalue weighted by molar-refractivity contribution is 0.222. The molecule has 1 aromatic heterocycles. The fraction of sp³-hybridized carbons (Fsp3) is 0.647. The van der Waals surface area contributed by atoms with Gasteiger partial charge in [0.15, 0.2) is 5.11 Å². The molecule has 1 aliphatic heterocycles.